The van der Waals surface area contributed by atoms with Gasteiger partial charge in [0.25, 0.3) is 5.89 Å². The molecule has 1 aromatic carbocycles. The minimum absolute atomic E-state index is 0.0317. The van der Waals surface area contributed by atoms with Gasteiger partial charge in [-0.1, -0.05) is 23.4 Å². The summed E-state index contributed by atoms with van der Waals surface area (Å²) in [6, 6.07) is 9.51. The third kappa shape index (κ3) is 5.47. The first-order chi connectivity index (χ1) is 17.8. The molecule has 9 nitrogen and oxygen atoms in total. The molecule has 4 heterocycles. The highest BCUT2D eigenvalue weighted by Crippen LogP contribution is 2.30. The fraction of sp³-hybridized carbons (Fsp3) is 0.320. The van der Waals surface area contributed by atoms with Crippen LogP contribution in [-0.4, -0.2) is 48.8 Å². The molecule has 1 fully saturated rings. The van der Waals surface area contributed by atoms with Gasteiger partial charge in [0, 0.05) is 38.0 Å². The quantitative estimate of drug-likeness (QED) is 0.364. The van der Waals surface area contributed by atoms with E-state index in [1.807, 2.05) is 29.2 Å². The summed E-state index contributed by atoms with van der Waals surface area (Å²) in [5.41, 5.74) is 1.80. The maximum Gasteiger partial charge on any atom is 0.417 e. The zero-order valence-corrected chi connectivity index (χ0v) is 19.9. The topological polar surface area (TPSA) is 99.2 Å². The molecule has 0 bridgehead atoms. The number of nitrogens with zero attached hydrogens (tertiary/aromatic N) is 6. The molecule has 1 amide bonds. The molecular formula is C25H23F3N6O3. The SMILES string of the molecule is Cn1ncc(-c2nc(-c3cccc(CC(=O)N4CCCC4)c3)no2)c1COc1ccc(C(F)(F)F)cn1. The summed E-state index contributed by atoms with van der Waals surface area (Å²) in [4.78, 5) is 22.6. The number of hydrogen-bond donors (Lipinski definition) is 0. The number of hydrogen-bond acceptors (Lipinski definition) is 7. The van der Waals surface area contributed by atoms with Crippen LogP contribution in [0.3, 0.4) is 0 Å². The maximum absolute atomic E-state index is 12.8. The molecule has 0 aliphatic carbocycles. The number of carbonyl (C=O) groups is 1. The van der Waals surface area contributed by atoms with Gasteiger partial charge in [0.2, 0.25) is 17.6 Å². The van der Waals surface area contributed by atoms with E-state index in [-0.39, 0.29) is 24.3 Å². The first-order valence-electron chi connectivity index (χ1n) is 11.7. The summed E-state index contributed by atoms with van der Waals surface area (Å²) < 4.78 is 50.9. The van der Waals surface area contributed by atoms with Gasteiger partial charge in [0.15, 0.2) is 0 Å². The first-order valence-corrected chi connectivity index (χ1v) is 11.7. The fourth-order valence-electron chi connectivity index (χ4n) is 4.11. The van der Waals surface area contributed by atoms with Crippen LogP contribution in [0.4, 0.5) is 13.2 Å². The van der Waals surface area contributed by atoms with E-state index in [1.165, 1.54) is 0 Å². The molecule has 37 heavy (non-hydrogen) atoms. The molecule has 0 unspecified atom stereocenters. The van der Waals surface area contributed by atoms with E-state index in [0.717, 1.165) is 49.8 Å². The number of alkyl halides is 3. The molecule has 0 radical (unpaired) electrons. The molecule has 0 saturated carbocycles. The van der Waals surface area contributed by atoms with E-state index in [4.69, 9.17) is 9.26 Å². The van der Waals surface area contributed by atoms with Gasteiger partial charge in [-0.15, -0.1) is 0 Å². The largest absolute Gasteiger partial charge is 0.471 e. The predicted octanol–water partition coefficient (Wildman–Crippen LogP) is 4.29. The summed E-state index contributed by atoms with van der Waals surface area (Å²) in [5.74, 6) is 0.698. The van der Waals surface area contributed by atoms with Crippen LogP contribution in [0.25, 0.3) is 22.8 Å². The molecule has 5 rings (SSSR count). The summed E-state index contributed by atoms with van der Waals surface area (Å²) in [6.07, 6.45) is 0.178. The van der Waals surface area contributed by atoms with Crippen molar-refractivity contribution in [3.63, 3.8) is 0 Å². The van der Waals surface area contributed by atoms with Crippen LogP contribution >= 0.6 is 0 Å². The van der Waals surface area contributed by atoms with Gasteiger partial charge < -0.3 is 14.2 Å². The van der Waals surface area contributed by atoms with E-state index in [1.54, 1.807) is 17.9 Å². The number of rotatable bonds is 7. The van der Waals surface area contributed by atoms with Gasteiger partial charge in [-0.25, -0.2) is 4.98 Å². The number of amides is 1. The lowest BCUT2D eigenvalue weighted by atomic mass is 10.1. The Hall–Kier alpha value is -4.22. The van der Waals surface area contributed by atoms with E-state index in [9.17, 15) is 18.0 Å². The highest BCUT2D eigenvalue weighted by atomic mass is 19.4. The van der Waals surface area contributed by atoms with Gasteiger partial charge in [0.1, 0.15) is 6.61 Å². The van der Waals surface area contributed by atoms with Crippen molar-refractivity contribution < 1.29 is 27.2 Å². The van der Waals surface area contributed by atoms with Crippen molar-refractivity contribution in [1.82, 2.24) is 29.8 Å². The van der Waals surface area contributed by atoms with Crippen molar-refractivity contribution in [3.05, 3.63) is 65.6 Å². The summed E-state index contributed by atoms with van der Waals surface area (Å²) in [5, 5.41) is 8.30. The zero-order valence-electron chi connectivity index (χ0n) is 19.9. The lowest BCUT2D eigenvalue weighted by molar-refractivity contribution is -0.137. The van der Waals surface area contributed by atoms with Crippen LogP contribution in [-0.2, 0) is 31.0 Å². The highest BCUT2D eigenvalue weighted by molar-refractivity contribution is 5.79. The van der Waals surface area contributed by atoms with Crippen LogP contribution in [0.5, 0.6) is 5.88 Å². The van der Waals surface area contributed by atoms with Gasteiger partial charge in [0.05, 0.1) is 29.4 Å². The van der Waals surface area contributed by atoms with Crippen LogP contribution in [0, 0.1) is 0 Å². The van der Waals surface area contributed by atoms with Crippen molar-refractivity contribution >= 4 is 5.91 Å². The summed E-state index contributed by atoms with van der Waals surface area (Å²) in [7, 11) is 1.69. The zero-order chi connectivity index (χ0) is 26.0. The minimum atomic E-state index is -4.47. The molecule has 0 atom stereocenters. The Labute approximate surface area is 209 Å². The molecule has 0 spiro atoms. The summed E-state index contributed by atoms with van der Waals surface area (Å²) in [6.45, 7) is 1.58. The van der Waals surface area contributed by atoms with Crippen molar-refractivity contribution in [2.24, 2.45) is 7.05 Å². The fourth-order valence-corrected chi connectivity index (χ4v) is 4.11. The second kappa shape index (κ2) is 10.0. The Morgan fingerprint density at radius 1 is 1.14 bits per heavy atom. The van der Waals surface area contributed by atoms with Crippen molar-refractivity contribution in [2.75, 3.05) is 13.1 Å². The van der Waals surface area contributed by atoms with E-state index in [0.29, 0.717) is 29.1 Å². The Morgan fingerprint density at radius 2 is 1.95 bits per heavy atom. The number of likely N-dealkylation sites (tertiary alicyclic amines) is 1. The number of aryl methyl sites for hydroxylation is 1. The normalized spacial score (nSPS) is 13.8. The average molecular weight is 512 g/mol. The Bertz CT molecular complexity index is 1390. The Balaban J connectivity index is 1.30. The second-order valence-corrected chi connectivity index (χ2v) is 8.69. The van der Waals surface area contributed by atoms with Crippen LogP contribution in [0.2, 0.25) is 0 Å². The third-order valence-electron chi connectivity index (χ3n) is 6.14. The summed E-state index contributed by atoms with van der Waals surface area (Å²) >= 11 is 0. The Morgan fingerprint density at radius 3 is 2.68 bits per heavy atom. The monoisotopic (exact) mass is 512 g/mol. The van der Waals surface area contributed by atoms with Crippen LogP contribution in [0.15, 0.2) is 53.3 Å². The van der Waals surface area contributed by atoms with Gasteiger partial charge in [-0.2, -0.15) is 23.3 Å². The van der Waals surface area contributed by atoms with Gasteiger partial charge >= 0.3 is 6.18 Å². The standard InChI is InChI=1S/C25H23F3N6O3/c1-33-20(15-36-21-8-7-18(13-29-21)25(26,27)28)19(14-30-33)24-31-23(32-37-24)17-6-4-5-16(11-17)12-22(35)34-9-2-3-10-34/h4-8,11,13-14H,2-3,9-10,12,15H2,1H3. The molecule has 1 aliphatic heterocycles. The Kier molecular flexibility index (Phi) is 6.64. The van der Waals surface area contributed by atoms with Crippen molar-refractivity contribution in [2.45, 2.75) is 32.0 Å². The third-order valence-corrected chi connectivity index (χ3v) is 6.14. The second-order valence-electron chi connectivity index (χ2n) is 8.69. The molecule has 192 valence electrons. The first kappa shape index (κ1) is 24.5. The smallest absolute Gasteiger partial charge is 0.417 e. The molecule has 12 heteroatoms. The molecular weight excluding hydrogens is 489 g/mol. The van der Waals surface area contributed by atoms with Crippen molar-refractivity contribution in [3.8, 4) is 28.7 Å². The van der Waals surface area contributed by atoms with E-state index < -0.39 is 11.7 Å². The van der Waals surface area contributed by atoms with Crippen molar-refractivity contribution in [1.29, 1.82) is 0 Å². The molecule has 0 N–H and O–H groups in total. The molecule has 1 saturated heterocycles. The minimum Gasteiger partial charge on any atom is -0.471 e. The van der Waals surface area contributed by atoms with Crippen LogP contribution < -0.4 is 4.74 Å². The molecule has 4 aromatic rings. The van der Waals surface area contributed by atoms with Gasteiger partial charge in [-0.05, 0) is 30.5 Å². The number of pyridine rings is 1. The lowest BCUT2D eigenvalue weighted by Crippen LogP contribution is -2.29. The highest BCUT2D eigenvalue weighted by Gasteiger charge is 2.30. The van der Waals surface area contributed by atoms with E-state index in [2.05, 4.69) is 20.2 Å². The number of benzene rings is 1. The molecule has 3 aromatic heterocycles. The predicted molar refractivity (Wildman–Crippen MR) is 125 cm³/mol. The number of ether oxygens (including phenoxy) is 1. The van der Waals surface area contributed by atoms with Gasteiger partial charge in [-0.3, -0.25) is 9.48 Å². The average Bonchev–Trinajstić information content (AvgIpc) is 3.64. The van der Waals surface area contributed by atoms with Crippen LogP contribution in [0.1, 0.15) is 29.7 Å². The molecule has 1 aliphatic rings. The maximum atomic E-state index is 12.8. The number of aromatic nitrogens is 5. The number of carbonyl (C=O) groups excluding carboxylic acids is 1. The number of halogens is 3. The lowest BCUT2D eigenvalue weighted by Gasteiger charge is -2.15. The van der Waals surface area contributed by atoms with E-state index >= 15 is 0 Å².